The molecule has 0 fully saturated rings. The van der Waals surface area contributed by atoms with Crippen LogP contribution in [0.1, 0.15) is 16.1 Å². The maximum absolute atomic E-state index is 11.2. The van der Waals surface area contributed by atoms with Crippen LogP contribution in [0.2, 0.25) is 0 Å². The summed E-state index contributed by atoms with van der Waals surface area (Å²) >= 11 is 1.60. The minimum Gasteiger partial charge on any atom is -0.465 e. The van der Waals surface area contributed by atoms with Gasteiger partial charge in [-0.05, 0) is 24.3 Å². The van der Waals surface area contributed by atoms with Gasteiger partial charge in [-0.2, -0.15) is 0 Å². The van der Waals surface area contributed by atoms with Gasteiger partial charge in [-0.1, -0.05) is 6.07 Å². The minimum absolute atomic E-state index is 0.369. The highest BCUT2D eigenvalue weighted by Crippen LogP contribution is 2.19. The number of rotatable bonds is 4. The second-order valence-electron chi connectivity index (χ2n) is 3.49. The molecular weight excluding hydrogens is 248 g/mol. The van der Waals surface area contributed by atoms with Crippen LogP contribution in [0.15, 0.2) is 47.8 Å². The van der Waals surface area contributed by atoms with Crippen LogP contribution in [0.25, 0.3) is 0 Å². The van der Waals surface area contributed by atoms with Crippen molar-refractivity contribution in [1.82, 2.24) is 9.97 Å². The normalized spacial score (nSPS) is 10.1. The summed E-state index contributed by atoms with van der Waals surface area (Å²) in [7, 11) is 1.35. The summed E-state index contributed by atoms with van der Waals surface area (Å²) < 4.78 is 4.61. The largest absolute Gasteiger partial charge is 0.465 e. The smallest absolute Gasteiger partial charge is 0.339 e. The van der Waals surface area contributed by atoms with Crippen LogP contribution in [0, 0.1) is 0 Å². The fourth-order valence-corrected chi connectivity index (χ4v) is 2.11. The molecule has 0 radical (unpaired) electrons. The number of methoxy groups -OCH3 is 1. The van der Waals surface area contributed by atoms with E-state index in [1.165, 1.54) is 13.3 Å². The van der Waals surface area contributed by atoms with E-state index < -0.39 is 0 Å². The topological polar surface area (TPSA) is 52.1 Å². The molecule has 0 saturated carbocycles. The van der Waals surface area contributed by atoms with Crippen molar-refractivity contribution in [1.29, 1.82) is 0 Å². The van der Waals surface area contributed by atoms with E-state index in [1.807, 2.05) is 24.3 Å². The van der Waals surface area contributed by atoms with E-state index in [1.54, 1.807) is 24.0 Å². The number of nitrogens with zero attached hydrogens (tertiary/aromatic N) is 2. The lowest BCUT2D eigenvalue weighted by molar-refractivity contribution is 0.0600. The number of carbonyl (C=O) groups excluding carboxylic acids is 1. The number of esters is 1. The Kier molecular flexibility index (Phi) is 4.30. The number of pyridine rings is 2. The maximum Gasteiger partial charge on any atom is 0.339 e. The number of carbonyl (C=O) groups is 1. The quantitative estimate of drug-likeness (QED) is 0.624. The third-order valence-electron chi connectivity index (χ3n) is 2.25. The van der Waals surface area contributed by atoms with Crippen LogP contribution in [0.4, 0.5) is 0 Å². The number of hydrogen-bond acceptors (Lipinski definition) is 5. The van der Waals surface area contributed by atoms with E-state index in [-0.39, 0.29) is 5.97 Å². The zero-order valence-corrected chi connectivity index (χ0v) is 10.7. The molecule has 92 valence electrons. The summed E-state index contributed by atoms with van der Waals surface area (Å²) in [6, 6.07) is 9.32. The van der Waals surface area contributed by atoms with E-state index in [0.717, 1.165) is 16.5 Å². The monoisotopic (exact) mass is 260 g/mol. The first-order valence-corrected chi connectivity index (χ1v) is 6.35. The Morgan fingerprint density at radius 3 is 2.78 bits per heavy atom. The molecule has 5 heteroatoms. The van der Waals surface area contributed by atoms with Gasteiger partial charge in [0.1, 0.15) is 0 Å². The first-order chi connectivity index (χ1) is 8.79. The van der Waals surface area contributed by atoms with Gasteiger partial charge in [0.25, 0.3) is 0 Å². The molecule has 2 aromatic rings. The summed E-state index contributed by atoms with van der Waals surface area (Å²) in [6.45, 7) is 0. The van der Waals surface area contributed by atoms with Crippen molar-refractivity contribution in [2.24, 2.45) is 0 Å². The highest BCUT2D eigenvalue weighted by atomic mass is 32.2. The first kappa shape index (κ1) is 12.6. The third-order valence-corrected chi connectivity index (χ3v) is 3.23. The molecule has 0 aliphatic heterocycles. The molecule has 0 aliphatic carbocycles. The Balaban J connectivity index is 1.97. The average molecular weight is 260 g/mol. The van der Waals surface area contributed by atoms with E-state index in [4.69, 9.17) is 0 Å². The van der Waals surface area contributed by atoms with Gasteiger partial charge >= 0.3 is 5.97 Å². The molecule has 0 atom stereocenters. The minimum atomic E-state index is -0.369. The molecule has 0 spiro atoms. The van der Waals surface area contributed by atoms with Gasteiger partial charge in [0, 0.05) is 18.1 Å². The zero-order chi connectivity index (χ0) is 12.8. The summed E-state index contributed by atoms with van der Waals surface area (Å²) in [4.78, 5) is 19.7. The van der Waals surface area contributed by atoms with Crippen molar-refractivity contribution in [3.8, 4) is 0 Å². The van der Waals surface area contributed by atoms with Crippen molar-refractivity contribution in [3.05, 3.63) is 54.0 Å². The Hall–Kier alpha value is -1.88. The van der Waals surface area contributed by atoms with Gasteiger partial charge in [-0.25, -0.2) is 9.78 Å². The molecule has 0 aromatic carbocycles. The molecule has 0 saturated heterocycles. The Morgan fingerprint density at radius 2 is 2.17 bits per heavy atom. The summed E-state index contributed by atoms with van der Waals surface area (Å²) in [5, 5.41) is 0.955. The number of hydrogen-bond donors (Lipinski definition) is 0. The first-order valence-electron chi connectivity index (χ1n) is 5.36. The maximum atomic E-state index is 11.2. The molecule has 0 bridgehead atoms. The van der Waals surface area contributed by atoms with Gasteiger partial charge in [-0.15, -0.1) is 11.8 Å². The molecule has 2 heterocycles. The SMILES string of the molecule is COC(=O)c1ccc(CSc2ccccn2)nc1. The predicted molar refractivity (Wildman–Crippen MR) is 69.4 cm³/mol. The van der Waals surface area contributed by atoms with Gasteiger partial charge in [0.05, 0.1) is 23.4 Å². The average Bonchev–Trinajstić information content (AvgIpc) is 2.46. The fourth-order valence-electron chi connectivity index (χ4n) is 1.33. The van der Waals surface area contributed by atoms with Crippen molar-refractivity contribution < 1.29 is 9.53 Å². The van der Waals surface area contributed by atoms with E-state index in [2.05, 4.69) is 14.7 Å². The molecule has 2 aromatic heterocycles. The van der Waals surface area contributed by atoms with E-state index in [0.29, 0.717) is 5.56 Å². The van der Waals surface area contributed by atoms with Crippen LogP contribution in [0.5, 0.6) is 0 Å². The van der Waals surface area contributed by atoms with Crippen LogP contribution in [0.3, 0.4) is 0 Å². The van der Waals surface area contributed by atoms with Crippen LogP contribution in [-0.4, -0.2) is 23.0 Å². The summed E-state index contributed by atoms with van der Waals surface area (Å²) in [5.74, 6) is 0.352. The molecule has 2 rings (SSSR count). The molecule has 4 nitrogen and oxygen atoms in total. The molecule has 0 aliphatic rings. The second kappa shape index (κ2) is 6.16. The Morgan fingerprint density at radius 1 is 1.28 bits per heavy atom. The molecule has 0 N–H and O–H groups in total. The summed E-state index contributed by atoms with van der Waals surface area (Å²) in [5.41, 5.74) is 1.36. The fraction of sp³-hybridized carbons (Fsp3) is 0.154. The van der Waals surface area contributed by atoms with E-state index >= 15 is 0 Å². The van der Waals surface area contributed by atoms with Crippen LogP contribution in [-0.2, 0) is 10.5 Å². The molecule has 0 amide bonds. The Bertz CT molecular complexity index is 514. The van der Waals surface area contributed by atoms with Crippen LogP contribution >= 0.6 is 11.8 Å². The van der Waals surface area contributed by atoms with Gasteiger partial charge in [0.15, 0.2) is 0 Å². The van der Waals surface area contributed by atoms with Gasteiger partial charge in [-0.3, -0.25) is 4.98 Å². The van der Waals surface area contributed by atoms with Crippen molar-refractivity contribution in [3.63, 3.8) is 0 Å². The lowest BCUT2D eigenvalue weighted by Crippen LogP contribution is -2.02. The number of ether oxygens (including phenoxy) is 1. The predicted octanol–water partition coefficient (Wildman–Crippen LogP) is 2.56. The van der Waals surface area contributed by atoms with Crippen molar-refractivity contribution in [2.45, 2.75) is 10.8 Å². The molecular formula is C13H12N2O2S. The van der Waals surface area contributed by atoms with E-state index in [9.17, 15) is 4.79 Å². The Labute approximate surface area is 109 Å². The number of aromatic nitrogens is 2. The van der Waals surface area contributed by atoms with Gasteiger partial charge < -0.3 is 4.74 Å². The zero-order valence-electron chi connectivity index (χ0n) is 9.87. The summed E-state index contributed by atoms with van der Waals surface area (Å²) in [6.07, 6.45) is 3.29. The molecule has 0 unspecified atom stereocenters. The molecule has 18 heavy (non-hydrogen) atoms. The highest BCUT2D eigenvalue weighted by Gasteiger charge is 2.05. The standard InChI is InChI=1S/C13H12N2O2S/c1-17-13(16)10-5-6-11(15-8-10)9-18-12-4-2-3-7-14-12/h2-8H,9H2,1H3. The van der Waals surface area contributed by atoms with Crippen LogP contribution < -0.4 is 0 Å². The third kappa shape index (κ3) is 3.30. The van der Waals surface area contributed by atoms with Crippen molar-refractivity contribution in [2.75, 3.05) is 7.11 Å². The number of thioether (sulfide) groups is 1. The second-order valence-corrected chi connectivity index (χ2v) is 4.48. The van der Waals surface area contributed by atoms with Crippen molar-refractivity contribution >= 4 is 17.7 Å². The lowest BCUT2D eigenvalue weighted by atomic mass is 10.2. The van der Waals surface area contributed by atoms with Gasteiger partial charge in [0.2, 0.25) is 0 Å². The lowest BCUT2D eigenvalue weighted by Gasteiger charge is -2.02. The highest BCUT2D eigenvalue weighted by molar-refractivity contribution is 7.98.